The van der Waals surface area contributed by atoms with Gasteiger partial charge in [-0.25, -0.2) is 0 Å². The summed E-state index contributed by atoms with van der Waals surface area (Å²) in [5, 5.41) is 5.67. The van der Waals surface area contributed by atoms with Gasteiger partial charge in [0.1, 0.15) is 5.75 Å². The molecule has 0 aliphatic heterocycles. The number of H-pyrrole nitrogens is 1. The minimum atomic E-state index is -0.315. The van der Waals surface area contributed by atoms with E-state index in [2.05, 4.69) is 27.2 Å². The van der Waals surface area contributed by atoms with E-state index in [-0.39, 0.29) is 11.5 Å². The molecule has 0 bridgehead atoms. The molecule has 8 heteroatoms. The van der Waals surface area contributed by atoms with Crippen molar-refractivity contribution in [3.63, 3.8) is 0 Å². The summed E-state index contributed by atoms with van der Waals surface area (Å²) in [6.45, 7) is 4.01. The zero-order valence-electron chi connectivity index (χ0n) is 17.2. The van der Waals surface area contributed by atoms with Gasteiger partial charge < -0.3 is 26.1 Å². The maximum atomic E-state index is 12.6. The molecule has 8 nitrogen and oxygen atoms in total. The number of hydrogen-bond donors (Lipinski definition) is 4. The molecule has 0 saturated carbocycles. The van der Waals surface area contributed by atoms with Gasteiger partial charge in [-0.3, -0.25) is 14.6 Å². The Morgan fingerprint density at radius 2 is 1.94 bits per heavy atom. The molecule has 0 radical (unpaired) electrons. The molecule has 3 aromatic rings. The Balaban J connectivity index is 1.90. The van der Waals surface area contributed by atoms with E-state index in [4.69, 9.17) is 10.5 Å². The quantitative estimate of drug-likeness (QED) is 0.469. The first-order valence-corrected chi connectivity index (χ1v) is 9.39. The summed E-state index contributed by atoms with van der Waals surface area (Å²) in [6.07, 6.45) is 6.42. The van der Waals surface area contributed by atoms with E-state index in [0.29, 0.717) is 45.1 Å². The minimum absolute atomic E-state index is 0.181. The van der Waals surface area contributed by atoms with Gasteiger partial charge in [0.05, 0.1) is 18.9 Å². The van der Waals surface area contributed by atoms with Crippen molar-refractivity contribution in [2.24, 2.45) is 5.73 Å². The zero-order valence-corrected chi connectivity index (χ0v) is 17.2. The molecule has 1 amide bonds. The fourth-order valence-corrected chi connectivity index (χ4v) is 2.95. The molecular weight excluding hydrogens is 394 g/mol. The van der Waals surface area contributed by atoms with E-state index in [0.717, 1.165) is 0 Å². The fraction of sp³-hybridized carbons (Fsp3) is 0.0870. The maximum absolute atomic E-state index is 12.6. The number of nitrogens with one attached hydrogen (secondary N) is 3. The van der Waals surface area contributed by atoms with Gasteiger partial charge in [0.2, 0.25) is 0 Å². The smallest absolute Gasteiger partial charge is 0.257 e. The predicted molar refractivity (Wildman–Crippen MR) is 122 cm³/mol. The van der Waals surface area contributed by atoms with E-state index in [1.54, 1.807) is 75.2 Å². The molecular formula is C23H23N5O3. The Bertz CT molecular complexity index is 1200. The van der Waals surface area contributed by atoms with Gasteiger partial charge >= 0.3 is 0 Å². The largest absolute Gasteiger partial charge is 0.495 e. The molecule has 0 aliphatic rings. The SMILES string of the molecule is C=C(Nc1ccc(C(=O)NC)cc1)c1c(/C=C(\N)c2cncc(OC)c2)cc[nH]c1=O. The molecule has 3 rings (SSSR count). The van der Waals surface area contributed by atoms with Crippen LogP contribution in [0.4, 0.5) is 5.69 Å². The first kappa shape index (κ1) is 21.4. The summed E-state index contributed by atoms with van der Waals surface area (Å²) in [4.78, 5) is 31.0. The topological polar surface area (TPSA) is 122 Å². The molecule has 0 aliphatic carbocycles. The molecule has 2 aromatic heterocycles. The number of methoxy groups -OCH3 is 1. The number of hydrogen-bond acceptors (Lipinski definition) is 6. The predicted octanol–water partition coefficient (Wildman–Crippen LogP) is 2.68. The highest BCUT2D eigenvalue weighted by molar-refractivity contribution is 5.94. The van der Waals surface area contributed by atoms with Crippen molar-refractivity contribution in [2.45, 2.75) is 0 Å². The summed E-state index contributed by atoms with van der Waals surface area (Å²) in [7, 11) is 3.12. The lowest BCUT2D eigenvalue weighted by Gasteiger charge is -2.13. The number of pyridine rings is 2. The third-order valence-electron chi connectivity index (χ3n) is 4.56. The average Bonchev–Trinajstić information content (AvgIpc) is 2.79. The molecule has 31 heavy (non-hydrogen) atoms. The van der Waals surface area contributed by atoms with Crippen LogP contribution >= 0.6 is 0 Å². The Kier molecular flexibility index (Phi) is 6.51. The van der Waals surface area contributed by atoms with E-state index >= 15 is 0 Å². The lowest BCUT2D eigenvalue weighted by molar-refractivity contribution is 0.0963. The Morgan fingerprint density at radius 3 is 2.61 bits per heavy atom. The van der Waals surface area contributed by atoms with Crippen LogP contribution in [-0.4, -0.2) is 30.0 Å². The van der Waals surface area contributed by atoms with Gasteiger partial charge in [0, 0.05) is 47.6 Å². The van der Waals surface area contributed by atoms with Crippen LogP contribution in [0.2, 0.25) is 0 Å². The number of aromatic amines is 1. The molecule has 0 unspecified atom stereocenters. The number of nitrogens with two attached hydrogens (primary N) is 1. The van der Waals surface area contributed by atoms with Crippen molar-refractivity contribution >= 4 is 29.1 Å². The van der Waals surface area contributed by atoms with Crippen molar-refractivity contribution < 1.29 is 9.53 Å². The molecule has 5 N–H and O–H groups in total. The summed E-state index contributed by atoms with van der Waals surface area (Å²) in [5.41, 5.74) is 9.54. The maximum Gasteiger partial charge on any atom is 0.257 e. The number of amides is 1. The van der Waals surface area contributed by atoms with Crippen LogP contribution in [0, 0.1) is 0 Å². The number of aromatic nitrogens is 2. The number of rotatable bonds is 7. The first-order valence-electron chi connectivity index (χ1n) is 9.39. The summed E-state index contributed by atoms with van der Waals surface area (Å²) in [6, 6.07) is 10.3. The van der Waals surface area contributed by atoms with Crippen molar-refractivity contribution in [3.8, 4) is 5.75 Å². The van der Waals surface area contributed by atoms with E-state index in [1.165, 1.54) is 0 Å². The third-order valence-corrected chi connectivity index (χ3v) is 4.56. The molecule has 0 spiro atoms. The number of carbonyl (C=O) groups is 1. The normalized spacial score (nSPS) is 11.0. The van der Waals surface area contributed by atoms with Gasteiger partial charge in [-0.2, -0.15) is 0 Å². The van der Waals surface area contributed by atoms with E-state index < -0.39 is 0 Å². The van der Waals surface area contributed by atoms with Gasteiger partial charge in [-0.15, -0.1) is 0 Å². The molecule has 0 fully saturated rings. The molecule has 1 aromatic carbocycles. The van der Waals surface area contributed by atoms with E-state index in [9.17, 15) is 9.59 Å². The van der Waals surface area contributed by atoms with Crippen LogP contribution < -0.4 is 26.7 Å². The van der Waals surface area contributed by atoms with Crippen LogP contribution in [0.15, 0.2) is 66.4 Å². The van der Waals surface area contributed by atoms with Crippen molar-refractivity contribution in [1.82, 2.24) is 15.3 Å². The minimum Gasteiger partial charge on any atom is -0.495 e. The van der Waals surface area contributed by atoms with Gasteiger partial charge in [-0.05, 0) is 48.0 Å². The van der Waals surface area contributed by atoms with Crippen molar-refractivity contribution in [1.29, 1.82) is 0 Å². The van der Waals surface area contributed by atoms with Crippen molar-refractivity contribution in [2.75, 3.05) is 19.5 Å². The monoisotopic (exact) mass is 417 g/mol. The molecule has 0 atom stereocenters. The van der Waals surface area contributed by atoms with Crippen LogP contribution in [0.3, 0.4) is 0 Å². The highest BCUT2D eigenvalue weighted by Crippen LogP contribution is 2.22. The number of benzene rings is 1. The molecule has 2 heterocycles. The van der Waals surface area contributed by atoms with Crippen LogP contribution in [-0.2, 0) is 0 Å². The highest BCUT2D eigenvalue weighted by Gasteiger charge is 2.12. The second-order valence-electron chi connectivity index (χ2n) is 6.61. The molecule has 0 saturated heterocycles. The third kappa shape index (κ3) is 4.99. The second-order valence-corrected chi connectivity index (χ2v) is 6.61. The second kappa shape index (κ2) is 9.45. The lowest BCUT2D eigenvalue weighted by Crippen LogP contribution is -2.18. The number of ether oxygens (including phenoxy) is 1. The van der Waals surface area contributed by atoms with Gasteiger partial charge in [0.25, 0.3) is 11.5 Å². The van der Waals surface area contributed by atoms with Gasteiger partial charge in [0.15, 0.2) is 0 Å². The summed E-state index contributed by atoms with van der Waals surface area (Å²) < 4.78 is 5.18. The van der Waals surface area contributed by atoms with E-state index in [1.807, 2.05) is 0 Å². The standard InChI is InChI=1S/C23H23N5O3/c1-14(28-18-6-4-15(5-7-18)22(29)25-2)21-16(8-9-27-23(21)30)11-20(24)17-10-19(31-3)13-26-12-17/h4-13,28H,1,24H2,2-3H3,(H,25,29)(H,27,30)/b20-11-. The highest BCUT2D eigenvalue weighted by atomic mass is 16.5. The van der Waals surface area contributed by atoms with Crippen LogP contribution in [0.5, 0.6) is 5.75 Å². The Morgan fingerprint density at radius 1 is 1.19 bits per heavy atom. The number of anilines is 1. The van der Waals surface area contributed by atoms with Crippen molar-refractivity contribution in [3.05, 3.63) is 94.2 Å². The van der Waals surface area contributed by atoms with Crippen LogP contribution in [0.25, 0.3) is 17.5 Å². The molecule has 158 valence electrons. The Labute approximate surface area is 179 Å². The number of nitrogens with zero attached hydrogens (tertiary/aromatic N) is 1. The lowest BCUT2D eigenvalue weighted by atomic mass is 10.0. The zero-order chi connectivity index (χ0) is 22.4. The first-order chi connectivity index (χ1) is 14.9. The van der Waals surface area contributed by atoms with Crippen LogP contribution in [0.1, 0.15) is 27.0 Å². The average molecular weight is 417 g/mol. The van der Waals surface area contributed by atoms with Gasteiger partial charge in [-0.1, -0.05) is 6.58 Å². The fourth-order valence-electron chi connectivity index (χ4n) is 2.95. The summed E-state index contributed by atoms with van der Waals surface area (Å²) in [5.74, 6) is 0.395. The number of carbonyl (C=O) groups excluding carboxylic acids is 1. The summed E-state index contributed by atoms with van der Waals surface area (Å²) >= 11 is 0. The Hall–Kier alpha value is -4.33.